The third-order valence-corrected chi connectivity index (χ3v) is 4.09. The number of ether oxygens (including phenoxy) is 1. The van der Waals surface area contributed by atoms with Crippen LogP contribution in [0.5, 0.6) is 0 Å². The summed E-state index contributed by atoms with van der Waals surface area (Å²) in [4.78, 5) is 48.6. The molecule has 0 bridgehead atoms. The predicted octanol–water partition coefficient (Wildman–Crippen LogP) is -0.404. The van der Waals surface area contributed by atoms with E-state index in [1.54, 1.807) is 45.0 Å². The highest BCUT2D eigenvalue weighted by atomic mass is 16.6. The van der Waals surface area contributed by atoms with Gasteiger partial charge in [-0.2, -0.15) is 0 Å². The van der Waals surface area contributed by atoms with Gasteiger partial charge in [0, 0.05) is 6.54 Å². The minimum atomic E-state index is -0.933. The third kappa shape index (κ3) is 12.1. The molecule has 0 saturated carbocycles. The highest BCUT2D eigenvalue weighted by molar-refractivity contribution is 5.99. The normalized spacial score (nSPS) is 11.5. The van der Waals surface area contributed by atoms with E-state index in [1.807, 2.05) is 0 Å². The first-order chi connectivity index (χ1) is 15.9. The van der Waals surface area contributed by atoms with E-state index in [0.29, 0.717) is 24.3 Å². The number of guanidine groups is 1. The summed E-state index contributed by atoms with van der Waals surface area (Å²) >= 11 is 0. The summed E-state index contributed by atoms with van der Waals surface area (Å²) in [5.74, 6) is -1.91. The molecule has 0 saturated heterocycles. The topological polar surface area (TPSA) is 214 Å². The summed E-state index contributed by atoms with van der Waals surface area (Å²) in [5.41, 5.74) is 11.2. The Bertz CT molecular complexity index is 884. The summed E-state index contributed by atoms with van der Waals surface area (Å²) in [7, 11) is 0. The Morgan fingerprint density at radius 2 is 1.68 bits per heavy atom. The largest absolute Gasteiger partial charge is 0.444 e. The van der Waals surface area contributed by atoms with E-state index in [-0.39, 0.29) is 18.9 Å². The zero-order valence-electron chi connectivity index (χ0n) is 19.6. The first-order valence-electron chi connectivity index (χ1n) is 10.6. The molecule has 0 heterocycles. The summed E-state index contributed by atoms with van der Waals surface area (Å²) < 4.78 is 5.02. The molecule has 0 aliphatic rings. The molecule has 1 atom stereocenters. The van der Waals surface area contributed by atoms with Gasteiger partial charge in [-0.05, 0) is 45.7 Å². The SMILES string of the molecule is CC(C)(C)OC(=O)NCC(=O)NCC(=O)N[C@@H](CCCNC(=N)N)C(=O)Nc1ccccc1N. The standard InChI is InChI=1S/C21H34N8O5/c1-21(2,3)34-20(33)27-11-16(30)26-12-17(31)28-15(9-6-10-25-19(23)24)18(32)29-14-8-5-4-7-13(14)22/h4-5,7-8,15H,6,9-12,22H2,1-3H3,(H,26,30)(H,27,33)(H,28,31)(H,29,32)(H4,23,24,25)/t15-/m0/s1. The van der Waals surface area contributed by atoms with Crippen molar-refractivity contribution < 1.29 is 23.9 Å². The van der Waals surface area contributed by atoms with Crippen molar-refractivity contribution in [1.82, 2.24) is 21.3 Å². The number of nitrogen functional groups attached to an aromatic ring is 1. The summed E-state index contributed by atoms with van der Waals surface area (Å²) in [6, 6.07) is 5.75. The molecule has 0 aromatic heterocycles. The summed E-state index contributed by atoms with van der Waals surface area (Å²) in [5, 5.41) is 19.7. The number of alkyl carbamates (subject to hydrolysis) is 1. The molecule has 13 nitrogen and oxygen atoms in total. The van der Waals surface area contributed by atoms with Crippen molar-refractivity contribution in [2.24, 2.45) is 5.73 Å². The molecule has 34 heavy (non-hydrogen) atoms. The monoisotopic (exact) mass is 478 g/mol. The van der Waals surface area contributed by atoms with Crippen molar-refractivity contribution in [3.05, 3.63) is 24.3 Å². The Balaban J connectivity index is 2.60. The van der Waals surface area contributed by atoms with Crippen molar-refractivity contribution in [3.63, 3.8) is 0 Å². The van der Waals surface area contributed by atoms with Crippen LogP contribution < -0.4 is 38.1 Å². The lowest BCUT2D eigenvalue weighted by molar-refractivity contribution is -0.128. The zero-order chi connectivity index (χ0) is 25.7. The van der Waals surface area contributed by atoms with E-state index >= 15 is 0 Å². The molecule has 0 radical (unpaired) electrons. The Kier molecular flexibility index (Phi) is 11.1. The second-order valence-corrected chi connectivity index (χ2v) is 8.31. The average molecular weight is 479 g/mol. The minimum absolute atomic E-state index is 0.204. The predicted molar refractivity (Wildman–Crippen MR) is 128 cm³/mol. The molecule has 1 aromatic carbocycles. The number of hydrogen-bond acceptors (Lipinski definition) is 7. The van der Waals surface area contributed by atoms with E-state index in [4.69, 9.17) is 21.6 Å². The molecule has 0 fully saturated rings. The van der Waals surface area contributed by atoms with Crippen LogP contribution in [0.15, 0.2) is 24.3 Å². The number of para-hydroxylation sites is 2. The second-order valence-electron chi connectivity index (χ2n) is 8.31. The number of carbonyl (C=O) groups excluding carboxylic acids is 4. The number of nitrogens with one attached hydrogen (secondary N) is 6. The van der Waals surface area contributed by atoms with Crippen LogP contribution in [0.2, 0.25) is 0 Å². The van der Waals surface area contributed by atoms with Gasteiger partial charge >= 0.3 is 6.09 Å². The fourth-order valence-corrected chi connectivity index (χ4v) is 2.58. The third-order valence-electron chi connectivity index (χ3n) is 4.09. The number of benzene rings is 1. The van der Waals surface area contributed by atoms with Gasteiger partial charge in [0.2, 0.25) is 17.7 Å². The molecule has 1 aromatic rings. The van der Waals surface area contributed by atoms with Crippen LogP contribution in [0.4, 0.5) is 16.2 Å². The highest BCUT2D eigenvalue weighted by Crippen LogP contribution is 2.17. The number of anilines is 2. The van der Waals surface area contributed by atoms with Gasteiger partial charge in [-0.3, -0.25) is 19.8 Å². The van der Waals surface area contributed by atoms with Gasteiger partial charge in [-0.15, -0.1) is 0 Å². The van der Waals surface area contributed by atoms with E-state index in [1.165, 1.54) is 0 Å². The van der Waals surface area contributed by atoms with Gasteiger partial charge < -0.3 is 42.8 Å². The molecule has 1 rings (SSSR count). The van der Waals surface area contributed by atoms with Crippen molar-refractivity contribution in [3.8, 4) is 0 Å². The first kappa shape index (κ1) is 28.0. The first-order valence-corrected chi connectivity index (χ1v) is 10.6. The van der Waals surface area contributed by atoms with Gasteiger partial charge in [0.05, 0.1) is 17.9 Å². The molecule has 0 spiro atoms. The van der Waals surface area contributed by atoms with Crippen LogP contribution in [0.1, 0.15) is 33.6 Å². The maximum absolute atomic E-state index is 12.7. The fourth-order valence-electron chi connectivity index (χ4n) is 2.58. The van der Waals surface area contributed by atoms with Crippen molar-refractivity contribution >= 4 is 41.1 Å². The van der Waals surface area contributed by atoms with Crippen LogP contribution in [-0.4, -0.2) is 61.1 Å². The highest BCUT2D eigenvalue weighted by Gasteiger charge is 2.22. The summed E-state index contributed by atoms with van der Waals surface area (Å²) in [6.45, 7) is 4.60. The van der Waals surface area contributed by atoms with Gasteiger partial charge in [-0.25, -0.2) is 4.79 Å². The Morgan fingerprint density at radius 3 is 2.29 bits per heavy atom. The van der Waals surface area contributed by atoms with Crippen molar-refractivity contribution in [2.45, 2.75) is 45.3 Å². The van der Waals surface area contributed by atoms with Crippen LogP contribution in [0.25, 0.3) is 0 Å². The van der Waals surface area contributed by atoms with Crippen LogP contribution in [0, 0.1) is 5.41 Å². The maximum Gasteiger partial charge on any atom is 0.408 e. The lowest BCUT2D eigenvalue weighted by atomic mass is 10.1. The maximum atomic E-state index is 12.7. The van der Waals surface area contributed by atoms with Gasteiger partial charge in [0.25, 0.3) is 0 Å². The van der Waals surface area contributed by atoms with E-state index < -0.39 is 42.0 Å². The quantitative estimate of drug-likeness (QED) is 0.0904. The molecule has 0 aliphatic carbocycles. The molecular formula is C21H34N8O5. The molecule has 188 valence electrons. The Hall–Kier alpha value is -4.03. The van der Waals surface area contributed by atoms with Crippen LogP contribution >= 0.6 is 0 Å². The van der Waals surface area contributed by atoms with E-state index in [0.717, 1.165) is 0 Å². The van der Waals surface area contributed by atoms with E-state index in [2.05, 4.69) is 26.6 Å². The lowest BCUT2D eigenvalue weighted by Crippen LogP contribution is -2.49. The van der Waals surface area contributed by atoms with Crippen LogP contribution in [-0.2, 0) is 19.1 Å². The molecule has 10 N–H and O–H groups in total. The molecule has 0 unspecified atom stereocenters. The average Bonchev–Trinajstić information content (AvgIpc) is 2.73. The summed E-state index contributed by atoms with van der Waals surface area (Å²) in [6.07, 6.45) is -0.101. The van der Waals surface area contributed by atoms with Crippen molar-refractivity contribution in [1.29, 1.82) is 5.41 Å². The fraction of sp³-hybridized carbons (Fsp3) is 0.476. The Morgan fingerprint density at radius 1 is 1.03 bits per heavy atom. The number of hydrogen-bond donors (Lipinski definition) is 8. The van der Waals surface area contributed by atoms with Gasteiger partial charge in [0.15, 0.2) is 5.96 Å². The molecular weight excluding hydrogens is 444 g/mol. The lowest BCUT2D eigenvalue weighted by Gasteiger charge is -2.20. The molecule has 0 aliphatic heterocycles. The zero-order valence-corrected chi connectivity index (χ0v) is 19.6. The van der Waals surface area contributed by atoms with E-state index in [9.17, 15) is 19.2 Å². The molecule has 13 heteroatoms. The number of rotatable bonds is 11. The van der Waals surface area contributed by atoms with Crippen LogP contribution in [0.3, 0.4) is 0 Å². The molecule has 4 amide bonds. The van der Waals surface area contributed by atoms with Crippen molar-refractivity contribution in [2.75, 3.05) is 30.7 Å². The Labute approximate surface area is 198 Å². The van der Waals surface area contributed by atoms with Gasteiger partial charge in [0.1, 0.15) is 18.2 Å². The number of nitrogens with two attached hydrogens (primary N) is 2. The van der Waals surface area contributed by atoms with Gasteiger partial charge in [-0.1, -0.05) is 12.1 Å². The second kappa shape index (κ2) is 13.5. The smallest absolute Gasteiger partial charge is 0.408 e. The number of carbonyl (C=O) groups is 4. The number of amides is 4. The minimum Gasteiger partial charge on any atom is -0.444 e.